The van der Waals surface area contributed by atoms with Crippen LogP contribution in [0.15, 0.2) is 18.2 Å². The summed E-state index contributed by atoms with van der Waals surface area (Å²) in [5.41, 5.74) is 0.946. The third kappa shape index (κ3) is 8.50. The molecule has 0 radical (unpaired) electrons. The Morgan fingerprint density at radius 1 is 0.927 bits per heavy atom. The number of benzene rings is 1. The summed E-state index contributed by atoms with van der Waals surface area (Å²) in [6, 6.07) is 4.88. The molecule has 3 atom stereocenters. The van der Waals surface area contributed by atoms with Crippen molar-refractivity contribution in [3.8, 4) is 5.75 Å². The number of nitrogens with one attached hydrogen (secondary N) is 3. The number of hydrogen-bond donors (Lipinski definition) is 3. The van der Waals surface area contributed by atoms with Crippen LogP contribution < -0.4 is 20.7 Å². The Hall–Kier alpha value is -3.01. The van der Waals surface area contributed by atoms with Gasteiger partial charge in [-0.2, -0.15) is 0 Å². The number of amides is 5. The van der Waals surface area contributed by atoms with E-state index < -0.39 is 0 Å². The summed E-state index contributed by atoms with van der Waals surface area (Å²) in [7, 11) is 3.39. The average molecular weight is 572 g/mol. The molecule has 41 heavy (non-hydrogen) atoms. The van der Waals surface area contributed by atoms with Gasteiger partial charge in [-0.05, 0) is 44.7 Å². The number of fused-ring (bicyclic) bond motifs is 1. The number of likely N-dealkylation sites (N-methyl/N-ethyl adjacent to an activating group) is 1. The molecule has 0 bridgehead atoms. The van der Waals surface area contributed by atoms with Gasteiger partial charge in [0.25, 0.3) is 5.91 Å². The van der Waals surface area contributed by atoms with Crippen LogP contribution in [0.25, 0.3) is 0 Å². The van der Waals surface area contributed by atoms with Gasteiger partial charge in [0, 0.05) is 57.0 Å². The summed E-state index contributed by atoms with van der Waals surface area (Å²) >= 11 is 0. The second kappa shape index (κ2) is 14.8. The van der Waals surface area contributed by atoms with Crippen molar-refractivity contribution in [1.29, 1.82) is 0 Å². The number of rotatable bonds is 4. The molecule has 3 N–H and O–H groups in total. The van der Waals surface area contributed by atoms with Crippen molar-refractivity contribution in [2.24, 2.45) is 5.92 Å². The zero-order chi connectivity index (χ0) is 29.4. The Bertz CT molecular complexity index is 1040. The van der Waals surface area contributed by atoms with Gasteiger partial charge in [0.2, 0.25) is 0 Å². The Morgan fingerprint density at radius 2 is 1.56 bits per heavy atom. The minimum absolute atomic E-state index is 0.0112. The smallest absolute Gasteiger partial charge is 0.319 e. The van der Waals surface area contributed by atoms with Crippen molar-refractivity contribution in [1.82, 2.24) is 20.4 Å². The Labute approximate surface area is 244 Å². The maximum atomic E-state index is 13.5. The molecule has 1 aliphatic heterocycles. The Balaban J connectivity index is 1.54. The molecule has 1 aromatic rings. The fourth-order valence-corrected chi connectivity index (χ4v) is 6.24. The first-order valence-corrected chi connectivity index (χ1v) is 15.4. The molecule has 0 unspecified atom stereocenters. The number of carbonyl (C=O) groups excluding carboxylic acids is 3. The monoisotopic (exact) mass is 571 g/mol. The minimum atomic E-state index is -0.260. The van der Waals surface area contributed by atoms with Crippen molar-refractivity contribution in [3.05, 3.63) is 23.8 Å². The molecule has 10 heteroatoms. The van der Waals surface area contributed by atoms with Crippen molar-refractivity contribution >= 4 is 23.7 Å². The van der Waals surface area contributed by atoms with Crippen molar-refractivity contribution in [2.75, 3.05) is 39.2 Å². The number of carbonyl (C=O) groups is 3. The summed E-state index contributed by atoms with van der Waals surface area (Å²) in [6.07, 6.45) is 10.7. The first-order valence-electron chi connectivity index (χ1n) is 15.4. The van der Waals surface area contributed by atoms with Crippen LogP contribution in [0.1, 0.15) is 88.4 Å². The lowest BCUT2D eigenvalue weighted by Crippen LogP contribution is -2.53. The van der Waals surface area contributed by atoms with Crippen LogP contribution in [0.2, 0.25) is 0 Å². The van der Waals surface area contributed by atoms with Crippen LogP contribution in [-0.2, 0) is 4.74 Å². The lowest BCUT2D eigenvalue weighted by atomic mass is 9.95. The molecule has 0 spiro atoms. The standard InChI is InChI=1S/C31H49N5O5/c1-21-18-36(31(39)34-24-13-9-6-10-14-24)22(2)20-41-27-17-25(33-30(38)32-23-11-7-5-8-12-23)15-16-26(27)29(37)35(3)19-28(21)40-4/h15-17,21-24,28H,5-14,18-20H2,1-4H3,(H,34,39)(H2,32,33,38)/t21-,22-,28-/m1/s1. The first kappa shape index (κ1) is 30.9. The number of urea groups is 2. The van der Waals surface area contributed by atoms with Gasteiger partial charge in [-0.25, -0.2) is 9.59 Å². The highest BCUT2D eigenvalue weighted by molar-refractivity contribution is 5.98. The molecular weight excluding hydrogens is 522 g/mol. The quantitative estimate of drug-likeness (QED) is 0.472. The molecule has 5 amide bonds. The lowest BCUT2D eigenvalue weighted by Gasteiger charge is -2.37. The highest BCUT2D eigenvalue weighted by Gasteiger charge is 2.31. The van der Waals surface area contributed by atoms with Crippen LogP contribution in [0.4, 0.5) is 15.3 Å². The topological polar surface area (TPSA) is 112 Å². The molecule has 0 aromatic heterocycles. The van der Waals surface area contributed by atoms with Gasteiger partial charge in [0.05, 0.1) is 17.7 Å². The van der Waals surface area contributed by atoms with Gasteiger partial charge < -0.3 is 35.2 Å². The third-order valence-electron chi connectivity index (χ3n) is 8.84. The van der Waals surface area contributed by atoms with Crippen LogP contribution in [0.5, 0.6) is 5.75 Å². The SMILES string of the molecule is CO[C@@H]1CN(C)C(=O)c2ccc(NC(=O)NC3CCCCC3)cc2OC[C@@H](C)N(C(=O)NC2CCCCC2)C[C@H]1C. The second-order valence-electron chi connectivity index (χ2n) is 12.2. The summed E-state index contributed by atoms with van der Waals surface area (Å²) in [4.78, 5) is 43.2. The highest BCUT2D eigenvalue weighted by atomic mass is 16.5. The first-order chi connectivity index (χ1) is 19.7. The molecule has 3 aliphatic rings. The molecule has 2 fully saturated rings. The van der Waals surface area contributed by atoms with Crippen LogP contribution in [0.3, 0.4) is 0 Å². The largest absolute Gasteiger partial charge is 0.491 e. The fourth-order valence-electron chi connectivity index (χ4n) is 6.24. The molecule has 2 saturated carbocycles. The van der Waals surface area contributed by atoms with E-state index in [4.69, 9.17) is 9.47 Å². The van der Waals surface area contributed by atoms with Gasteiger partial charge in [-0.1, -0.05) is 45.4 Å². The molecule has 1 heterocycles. The van der Waals surface area contributed by atoms with Crippen LogP contribution in [0, 0.1) is 5.92 Å². The van der Waals surface area contributed by atoms with Crippen molar-refractivity contribution in [2.45, 2.75) is 102 Å². The highest BCUT2D eigenvalue weighted by Crippen LogP contribution is 2.27. The summed E-state index contributed by atoms with van der Waals surface area (Å²) in [5, 5.41) is 9.23. The molecule has 4 rings (SSSR count). The number of ether oxygens (including phenoxy) is 2. The normalized spacial score (nSPS) is 25.3. The minimum Gasteiger partial charge on any atom is -0.491 e. The third-order valence-corrected chi connectivity index (χ3v) is 8.84. The van der Waals surface area contributed by atoms with E-state index in [1.165, 1.54) is 12.8 Å². The molecule has 228 valence electrons. The van der Waals surface area contributed by atoms with E-state index in [1.54, 1.807) is 37.3 Å². The predicted octanol–water partition coefficient (Wildman–Crippen LogP) is 4.99. The Kier molecular flexibility index (Phi) is 11.1. The van der Waals surface area contributed by atoms with E-state index in [2.05, 4.69) is 22.9 Å². The maximum Gasteiger partial charge on any atom is 0.319 e. The van der Waals surface area contributed by atoms with Crippen molar-refractivity contribution < 1.29 is 23.9 Å². The summed E-state index contributed by atoms with van der Waals surface area (Å²) in [5.74, 6) is 0.176. The molecule has 0 saturated heterocycles. The van der Waals surface area contributed by atoms with Crippen LogP contribution in [-0.4, -0.2) is 85.9 Å². The number of anilines is 1. The van der Waals surface area contributed by atoms with Crippen LogP contribution >= 0.6 is 0 Å². The predicted molar refractivity (Wildman–Crippen MR) is 159 cm³/mol. The molecule has 10 nitrogen and oxygen atoms in total. The van der Waals surface area contributed by atoms with Gasteiger partial charge >= 0.3 is 12.1 Å². The van der Waals surface area contributed by atoms with Crippen molar-refractivity contribution in [3.63, 3.8) is 0 Å². The zero-order valence-electron chi connectivity index (χ0n) is 25.2. The van der Waals surface area contributed by atoms with E-state index in [0.29, 0.717) is 30.1 Å². The summed E-state index contributed by atoms with van der Waals surface area (Å²) in [6.45, 7) is 5.06. The van der Waals surface area contributed by atoms with Gasteiger partial charge in [0.15, 0.2) is 0 Å². The fraction of sp³-hybridized carbons (Fsp3) is 0.710. The van der Waals surface area contributed by atoms with Gasteiger partial charge in [0.1, 0.15) is 12.4 Å². The molecule has 1 aromatic carbocycles. The van der Waals surface area contributed by atoms with E-state index in [-0.39, 0.29) is 54.7 Å². The van der Waals surface area contributed by atoms with E-state index in [1.807, 2.05) is 11.8 Å². The number of hydrogen-bond acceptors (Lipinski definition) is 5. The molecule has 2 aliphatic carbocycles. The van der Waals surface area contributed by atoms with E-state index >= 15 is 0 Å². The van der Waals surface area contributed by atoms with Gasteiger partial charge in [-0.3, -0.25) is 4.79 Å². The zero-order valence-corrected chi connectivity index (χ0v) is 25.2. The van der Waals surface area contributed by atoms with Gasteiger partial charge in [-0.15, -0.1) is 0 Å². The second-order valence-corrected chi connectivity index (χ2v) is 12.2. The maximum absolute atomic E-state index is 13.5. The lowest BCUT2D eigenvalue weighted by molar-refractivity contribution is 0.0164. The van der Waals surface area contributed by atoms with E-state index in [0.717, 1.165) is 51.4 Å². The number of methoxy groups -OCH3 is 1. The Morgan fingerprint density at radius 3 is 2.20 bits per heavy atom. The number of nitrogens with zero attached hydrogens (tertiary/aromatic N) is 2. The average Bonchev–Trinajstić information content (AvgIpc) is 2.97. The molecular formula is C31H49N5O5. The van der Waals surface area contributed by atoms with E-state index in [9.17, 15) is 14.4 Å². The summed E-state index contributed by atoms with van der Waals surface area (Å²) < 4.78 is 12.1.